The molecule has 21 heavy (non-hydrogen) atoms. The molecular weight excluding hydrogens is 302 g/mol. The molecule has 3 rings (SSSR count). The molecule has 0 unspecified atom stereocenters. The molecule has 0 radical (unpaired) electrons. The van der Waals surface area contributed by atoms with Crippen LogP contribution in [0.2, 0.25) is 30.8 Å². The van der Waals surface area contributed by atoms with Gasteiger partial charge in [-0.1, -0.05) is 31.2 Å². The van der Waals surface area contributed by atoms with Crippen molar-refractivity contribution in [2.45, 2.75) is 51.2 Å². The number of nitrogens with zero attached hydrogens (tertiary/aromatic N) is 3. The molecule has 0 spiro atoms. The lowest BCUT2D eigenvalue weighted by atomic mass is 10.1. The van der Waals surface area contributed by atoms with Crippen LogP contribution in [-0.4, -0.2) is 29.2 Å². The summed E-state index contributed by atoms with van der Waals surface area (Å²) in [5.74, 6) is 1.52. The number of ether oxygens (including phenoxy) is 1. The van der Waals surface area contributed by atoms with Crippen molar-refractivity contribution < 1.29 is 4.74 Å². The van der Waals surface area contributed by atoms with E-state index in [2.05, 4.69) is 29.6 Å². The van der Waals surface area contributed by atoms with Crippen molar-refractivity contribution in [2.75, 3.05) is 6.61 Å². The SMILES string of the molecule is C[Si](C)(C)CCOCn1cnc(Cl)c2c(C3CC3)cnc1-2. The van der Waals surface area contributed by atoms with E-state index in [9.17, 15) is 0 Å². The minimum Gasteiger partial charge on any atom is -0.361 e. The fourth-order valence-electron chi connectivity index (χ4n) is 2.40. The molecule has 3 aliphatic rings. The van der Waals surface area contributed by atoms with Crippen molar-refractivity contribution in [2.24, 2.45) is 0 Å². The van der Waals surface area contributed by atoms with E-state index in [-0.39, 0.29) is 0 Å². The molecule has 1 fully saturated rings. The third-order valence-corrected chi connectivity index (χ3v) is 5.86. The minimum absolute atomic E-state index is 0.492. The van der Waals surface area contributed by atoms with Crippen LogP contribution < -0.4 is 0 Å². The second kappa shape index (κ2) is 5.70. The van der Waals surface area contributed by atoms with Crippen molar-refractivity contribution in [3.63, 3.8) is 0 Å². The van der Waals surface area contributed by atoms with Crippen LogP contribution in [0.15, 0.2) is 12.5 Å². The standard InChI is InChI=1S/C15H22ClN3OSi/c1-21(2,3)7-6-20-10-19-9-18-14(16)13-12(11-4-5-11)8-17-15(13)19/h8-9,11H,4-7,10H2,1-3H3. The van der Waals surface area contributed by atoms with Gasteiger partial charge in [-0.25, -0.2) is 9.97 Å². The van der Waals surface area contributed by atoms with Gasteiger partial charge in [-0.3, -0.25) is 4.57 Å². The zero-order chi connectivity index (χ0) is 15.0. The number of halogens is 1. The molecule has 1 saturated carbocycles. The molecule has 114 valence electrons. The Labute approximate surface area is 131 Å². The molecule has 1 aliphatic carbocycles. The Morgan fingerprint density at radius 1 is 1.33 bits per heavy atom. The maximum Gasteiger partial charge on any atom is 0.146 e. The summed E-state index contributed by atoms with van der Waals surface area (Å²) in [6.07, 6.45) is 6.15. The Morgan fingerprint density at radius 2 is 2.10 bits per heavy atom. The van der Waals surface area contributed by atoms with Gasteiger partial charge in [0.15, 0.2) is 0 Å². The van der Waals surface area contributed by atoms with Gasteiger partial charge in [0.25, 0.3) is 0 Å². The van der Waals surface area contributed by atoms with Gasteiger partial charge in [0.05, 0.1) is 11.9 Å². The quantitative estimate of drug-likeness (QED) is 0.454. The van der Waals surface area contributed by atoms with Crippen LogP contribution in [0.4, 0.5) is 0 Å². The fourth-order valence-corrected chi connectivity index (χ4v) is 3.39. The van der Waals surface area contributed by atoms with Crippen molar-refractivity contribution in [1.29, 1.82) is 0 Å². The minimum atomic E-state index is -1.05. The van der Waals surface area contributed by atoms with E-state index in [1.165, 1.54) is 24.4 Å². The molecular formula is C15H22ClN3OSi. The number of fused-ring (bicyclic) bond motifs is 1. The Balaban J connectivity index is 1.71. The van der Waals surface area contributed by atoms with Crippen LogP contribution in [0.1, 0.15) is 24.3 Å². The van der Waals surface area contributed by atoms with Crippen LogP contribution in [0, 0.1) is 0 Å². The molecule has 0 amide bonds. The summed E-state index contributed by atoms with van der Waals surface area (Å²) >= 11 is 6.27. The Morgan fingerprint density at radius 3 is 2.76 bits per heavy atom. The average Bonchev–Trinajstić information content (AvgIpc) is 3.15. The lowest BCUT2D eigenvalue weighted by molar-refractivity contribution is 0.0867. The van der Waals surface area contributed by atoms with E-state index in [1.54, 1.807) is 6.33 Å². The molecule has 2 aliphatic heterocycles. The van der Waals surface area contributed by atoms with Crippen molar-refractivity contribution in [3.8, 4) is 11.4 Å². The Bertz CT molecular complexity index is 604. The van der Waals surface area contributed by atoms with Gasteiger partial charge in [-0.05, 0) is 30.4 Å². The molecule has 2 heterocycles. The molecule has 0 aromatic rings. The Hall–Kier alpha value is -0.913. The first-order chi connectivity index (χ1) is 9.96. The van der Waals surface area contributed by atoms with Crippen molar-refractivity contribution >= 4 is 19.7 Å². The van der Waals surface area contributed by atoms with Crippen LogP contribution in [0.25, 0.3) is 11.4 Å². The summed E-state index contributed by atoms with van der Waals surface area (Å²) in [6, 6.07) is 1.17. The van der Waals surface area contributed by atoms with Crippen LogP contribution in [0.5, 0.6) is 0 Å². The first kappa shape index (κ1) is 15.0. The predicted octanol–water partition coefficient (Wildman–Crippen LogP) is 4.23. The third-order valence-electron chi connectivity index (χ3n) is 3.87. The van der Waals surface area contributed by atoms with Gasteiger partial charge in [0.1, 0.15) is 17.7 Å². The van der Waals surface area contributed by atoms with Crippen LogP contribution in [0.3, 0.4) is 0 Å². The first-order valence-electron chi connectivity index (χ1n) is 7.53. The number of hydrogen-bond acceptors (Lipinski definition) is 3. The van der Waals surface area contributed by atoms with E-state index < -0.39 is 8.07 Å². The molecule has 0 aromatic heterocycles. The van der Waals surface area contributed by atoms with Gasteiger partial charge < -0.3 is 4.74 Å². The van der Waals surface area contributed by atoms with Gasteiger partial charge in [-0.15, -0.1) is 0 Å². The lowest BCUT2D eigenvalue weighted by Gasteiger charge is -2.17. The lowest BCUT2D eigenvalue weighted by Crippen LogP contribution is -2.22. The van der Waals surface area contributed by atoms with E-state index >= 15 is 0 Å². The highest BCUT2D eigenvalue weighted by atomic mass is 35.5. The smallest absolute Gasteiger partial charge is 0.146 e. The van der Waals surface area contributed by atoms with Crippen LogP contribution in [-0.2, 0) is 11.5 Å². The molecule has 4 nitrogen and oxygen atoms in total. The zero-order valence-corrected chi connectivity index (χ0v) is 14.7. The average molecular weight is 324 g/mol. The van der Waals surface area contributed by atoms with Crippen molar-refractivity contribution in [3.05, 3.63) is 23.2 Å². The van der Waals surface area contributed by atoms with Gasteiger partial charge in [0.2, 0.25) is 0 Å². The van der Waals surface area contributed by atoms with Gasteiger partial charge in [0, 0.05) is 20.9 Å². The van der Waals surface area contributed by atoms with E-state index in [0.717, 1.165) is 18.0 Å². The molecule has 6 heteroatoms. The highest BCUT2D eigenvalue weighted by molar-refractivity contribution is 6.76. The predicted molar refractivity (Wildman–Crippen MR) is 87.7 cm³/mol. The van der Waals surface area contributed by atoms with E-state index in [0.29, 0.717) is 17.8 Å². The summed E-state index contributed by atoms with van der Waals surface area (Å²) in [5.41, 5.74) is 2.26. The largest absolute Gasteiger partial charge is 0.361 e. The summed E-state index contributed by atoms with van der Waals surface area (Å²) in [7, 11) is -1.05. The number of aromatic nitrogens is 3. The normalized spacial score (nSPS) is 15.8. The summed E-state index contributed by atoms with van der Waals surface area (Å²) in [6.45, 7) is 8.35. The molecule has 0 saturated heterocycles. The zero-order valence-electron chi connectivity index (χ0n) is 12.9. The molecule has 0 N–H and O–H groups in total. The first-order valence-corrected chi connectivity index (χ1v) is 11.6. The summed E-state index contributed by atoms with van der Waals surface area (Å²) in [4.78, 5) is 8.83. The number of hydrogen-bond donors (Lipinski definition) is 0. The second-order valence-electron chi connectivity index (χ2n) is 7.04. The maximum absolute atomic E-state index is 6.27. The third kappa shape index (κ3) is 3.47. The van der Waals surface area contributed by atoms with E-state index in [4.69, 9.17) is 16.3 Å². The highest BCUT2D eigenvalue weighted by Crippen LogP contribution is 2.46. The van der Waals surface area contributed by atoms with Crippen molar-refractivity contribution in [1.82, 2.24) is 14.5 Å². The summed E-state index contributed by atoms with van der Waals surface area (Å²) < 4.78 is 7.76. The van der Waals surface area contributed by atoms with Gasteiger partial charge in [-0.2, -0.15) is 0 Å². The fraction of sp³-hybridized carbons (Fsp3) is 0.600. The topological polar surface area (TPSA) is 39.9 Å². The Kier molecular flexibility index (Phi) is 4.07. The maximum atomic E-state index is 6.27. The summed E-state index contributed by atoms with van der Waals surface area (Å²) in [5, 5.41) is 0.558. The van der Waals surface area contributed by atoms with Gasteiger partial charge >= 0.3 is 0 Å². The number of rotatable bonds is 6. The van der Waals surface area contributed by atoms with E-state index in [1.807, 2.05) is 10.8 Å². The molecule has 0 bridgehead atoms. The monoisotopic (exact) mass is 323 g/mol. The molecule has 0 atom stereocenters. The molecule has 0 aromatic carbocycles. The highest BCUT2D eigenvalue weighted by Gasteiger charge is 2.31. The van der Waals surface area contributed by atoms with Crippen LogP contribution >= 0.6 is 11.6 Å². The second-order valence-corrected chi connectivity index (χ2v) is 13.0.